The van der Waals surface area contributed by atoms with Crippen LogP contribution in [0.25, 0.3) is 0 Å². The average molecular weight is 390 g/mol. The van der Waals surface area contributed by atoms with Crippen LogP contribution in [0.15, 0.2) is 36.5 Å². The summed E-state index contributed by atoms with van der Waals surface area (Å²) < 4.78 is 31.0. The predicted molar refractivity (Wildman–Crippen MR) is 105 cm³/mol. The Morgan fingerprint density at radius 2 is 2.07 bits per heavy atom. The average Bonchev–Trinajstić information content (AvgIpc) is 3.00. The summed E-state index contributed by atoms with van der Waals surface area (Å²) in [6.07, 6.45) is 2.20. The van der Waals surface area contributed by atoms with Crippen LogP contribution < -0.4 is 19.3 Å². The first-order chi connectivity index (χ1) is 12.8. The highest BCUT2D eigenvalue weighted by Crippen LogP contribution is 2.33. The molecule has 1 aromatic heterocycles. The van der Waals surface area contributed by atoms with Crippen molar-refractivity contribution in [1.29, 1.82) is 0 Å². The Bertz CT molecular complexity index is 960. The van der Waals surface area contributed by atoms with E-state index in [4.69, 9.17) is 4.74 Å². The lowest BCUT2D eigenvalue weighted by atomic mass is 10.2. The molecule has 2 heterocycles. The van der Waals surface area contributed by atoms with Crippen LogP contribution in [-0.4, -0.2) is 52.8 Å². The van der Waals surface area contributed by atoms with Crippen molar-refractivity contribution in [2.24, 2.45) is 0 Å². The fourth-order valence-corrected chi connectivity index (χ4v) is 4.55. The third kappa shape index (κ3) is 3.82. The Kier molecular flexibility index (Phi) is 5.22. The number of anilines is 3. The molecule has 3 rings (SSSR count). The van der Waals surface area contributed by atoms with Crippen molar-refractivity contribution in [3.05, 3.63) is 42.1 Å². The number of pyridine rings is 1. The molecule has 1 aromatic carbocycles. The van der Waals surface area contributed by atoms with Crippen molar-refractivity contribution in [1.82, 2.24) is 4.98 Å². The molecule has 1 amide bonds. The minimum Gasteiger partial charge on any atom is -0.495 e. The number of nitrogens with zero attached hydrogens (tertiary/aromatic N) is 3. The van der Waals surface area contributed by atoms with E-state index in [2.05, 4.69) is 10.3 Å². The SMILES string of the molecule is COc1ccc(N2CCCS2(=O)=O)cc1NC(=O)c1cccnc1N(C)C. The third-order valence-electron chi connectivity index (χ3n) is 4.27. The maximum Gasteiger partial charge on any atom is 0.259 e. The van der Waals surface area contributed by atoms with E-state index in [9.17, 15) is 13.2 Å². The second kappa shape index (κ2) is 7.43. The van der Waals surface area contributed by atoms with Crippen LogP contribution in [-0.2, 0) is 10.0 Å². The van der Waals surface area contributed by atoms with Gasteiger partial charge in [-0.1, -0.05) is 0 Å². The first-order valence-corrected chi connectivity index (χ1v) is 10.1. The van der Waals surface area contributed by atoms with Crippen molar-refractivity contribution in [2.75, 3.05) is 48.0 Å². The molecule has 27 heavy (non-hydrogen) atoms. The van der Waals surface area contributed by atoms with E-state index in [0.717, 1.165) is 0 Å². The Morgan fingerprint density at radius 3 is 2.70 bits per heavy atom. The number of benzene rings is 1. The Labute approximate surface area is 158 Å². The quantitative estimate of drug-likeness (QED) is 0.839. The van der Waals surface area contributed by atoms with Crippen LogP contribution in [0, 0.1) is 0 Å². The van der Waals surface area contributed by atoms with Gasteiger partial charge < -0.3 is 15.0 Å². The molecule has 1 aliphatic heterocycles. The Balaban J connectivity index is 1.94. The molecule has 0 saturated carbocycles. The number of aromatic nitrogens is 1. The fraction of sp³-hybridized carbons (Fsp3) is 0.333. The number of carbonyl (C=O) groups is 1. The van der Waals surface area contributed by atoms with Gasteiger partial charge in [-0.15, -0.1) is 0 Å². The highest BCUT2D eigenvalue weighted by molar-refractivity contribution is 7.93. The van der Waals surface area contributed by atoms with Gasteiger partial charge in [0.2, 0.25) is 10.0 Å². The van der Waals surface area contributed by atoms with Crippen molar-refractivity contribution in [3.8, 4) is 5.75 Å². The van der Waals surface area contributed by atoms with Crippen LogP contribution >= 0.6 is 0 Å². The molecule has 8 nitrogen and oxygen atoms in total. The lowest BCUT2D eigenvalue weighted by Gasteiger charge is -2.20. The number of carbonyl (C=O) groups excluding carboxylic acids is 1. The molecule has 0 atom stereocenters. The molecule has 0 unspecified atom stereocenters. The molecule has 1 saturated heterocycles. The topological polar surface area (TPSA) is 91.8 Å². The summed E-state index contributed by atoms with van der Waals surface area (Å²) in [6.45, 7) is 0.426. The Morgan fingerprint density at radius 1 is 1.30 bits per heavy atom. The van der Waals surface area contributed by atoms with Crippen LogP contribution in [0.4, 0.5) is 17.2 Å². The zero-order chi connectivity index (χ0) is 19.6. The van der Waals surface area contributed by atoms with Gasteiger partial charge in [0, 0.05) is 26.8 Å². The number of amides is 1. The molecule has 0 bridgehead atoms. The fourth-order valence-electron chi connectivity index (χ4n) is 3.00. The normalized spacial score (nSPS) is 15.4. The molecule has 0 aliphatic carbocycles. The van der Waals surface area contributed by atoms with Gasteiger partial charge in [-0.3, -0.25) is 9.10 Å². The molecule has 1 aliphatic rings. The lowest BCUT2D eigenvalue weighted by Crippen LogP contribution is -2.25. The van der Waals surface area contributed by atoms with E-state index < -0.39 is 10.0 Å². The van der Waals surface area contributed by atoms with Gasteiger partial charge in [0.25, 0.3) is 5.91 Å². The maximum atomic E-state index is 12.8. The standard InChI is InChI=1S/C18H22N4O4S/c1-21(2)17-14(6-4-9-19-17)18(23)20-15-12-13(7-8-16(15)26-3)22-10-5-11-27(22,24)25/h4,6-9,12H,5,10-11H2,1-3H3,(H,20,23). The van der Waals surface area contributed by atoms with Crippen LogP contribution in [0.1, 0.15) is 16.8 Å². The van der Waals surface area contributed by atoms with E-state index in [1.165, 1.54) is 11.4 Å². The first-order valence-electron chi connectivity index (χ1n) is 8.45. The van der Waals surface area contributed by atoms with E-state index in [0.29, 0.717) is 41.5 Å². The molecule has 1 fully saturated rings. The number of methoxy groups -OCH3 is 1. The summed E-state index contributed by atoms with van der Waals surface area (Å²) in [5.74, 6) is 0.751. The minimum absolute atomic E-state index is 0.128. The first kappa shape index (κ1) is 19.0. The number of ether oxygens (including phenoxy) is 1. The highest BCUT2D eigenvalue weighted by atomic mass is 32.2. The van der Waals surface area contributed by atoms with Crippen molar-refractivity contribution >= 4 is 33.1 Å². The zero-order valence-electron chi connectivity index (χ0n) is 15.5. The summed E-state index contributed by atoms with van der Waals surface area (Å²) in [5.41, 5.74) is 1.31. The second-order valence-electron chi connectivity index (χ2n) is 6.35. The summed E-state index contributed by atoms with van der Waals surface area (Å²) in [4.78, 5) is 18.8. The van der Waals surface area contributed by atoms with Gasteiger partial charge in [-0.05, 0) is 36.8 Å². The molecule has 0 spiro atoms. The number of hydrogen-bond donors (Lipinski definition) is 1. The van der Waals surface area contributed by atoms with Gasteiger partial charge in [0.1, 0.15) is 11.6 Å². The van der Waals surface area contributed by atoms with Gasteiger partial charge in [0.15, 0.2) is 0 Å². The zero-order valence-corrected chi connectivity index (χ0v) is 16.3. The van der Waals surface area contributed by atoms with Crippen molar-refractivity contribution in [3.63, 3.8) is 0 Å². The Hall–Kier alpha value is -2.81. The van der Waals surface area contributed by atoms with Gasteiger partial charge in [-0.2, -0.15) is 0 Å². The number of sulfonamides is 1. The summed E-state index contributed by atoms with van der Waals surface area (Å²) in [5, 5.41) is 2.81. The van der Waals surface area contributed by atoms with Gasteiger partial charge in [0.05, 0.1) is 29.8 Å². The number of nitrogens with one attached hydrogen (secondary N) is 1. The lowest BCUT2D eigenvalue weighted by molar-refractivity contribution is 0.102. The second-order valence-corrected chi connectivity index (χ2v) is 8.36. The van der Waals surface area contributed by atoms with Crippen LogP contribution in [0.2, 0.25) is 0 Å². The third-order valence-corrected chi connectivity index (χ3v) is 6.14. The van der Waals surface area contributed by atoms with Crippen LogP contribution in [0.5, 0.6) is 5.75 Å². The highest BCUT2D eigenvalue weighted by Gasteiger charge is 2.29. The van der Waals surface area contributed by atoms with Crippen molar-refractivity contribution < 1.29 is 17.9 Å². The molecule has 9 heteroatoms. The molecule has 144 valence electrons. The monoisotopic (exact) mass is 390 g/mol. The maximum absolute atomic E-state index is 12.8. The van der Waals surface area contributed by atoms with Crippen molar-refractivity contribution in [2.45, 2.75) is 6.42 Å². The number of rotatable bonds is 5. The molecule has 2 aromatic rings. The van der Waals surface area contributed by atoms with E-state index >= 15 is 0 Å². The van der Waals surface area contributed by atoms with E-state index in [-0.39, 0.29) is 11.7 Å². The molecule has 0 radical (unpaired) electrons. The largest absolute Gasteiger partial charge is 0.495 e. The predicted octanol–water partition coefficient (Wildman–Crippen LogP) is 1.95. The summed E-state index contributed by atoms with van der Waals surface area (Å²) in [6, 6.07) is 8.30. The summed E-state index contributed by atoms with van der Waals surface area (Å²) in [7, 11) is 1.79. The van der Waals surface area contributed by atoms with Crippen LogP contribution in [0.3, 0.4) is 0 Å². The molecule has 1 N–H and O–H groups in total. The van der Waals surface area contributed by atoms with Gasteiger partial charge >= 0.3 is 0 Å². The van der Waals surface area contributed by atoms with Gasteiger partial charge in [-0.25, -0.2) is 13.4 Å². The number of hydrogen-bond acceptors (Lipinski definition) is 6. The molecular weight excluding hydrogens is 368 g/mol. The minimum atomic E-state index is -3.31. The molecular formula is C18H22N4O4S. The summed E-state index contributed by atoms with van der Waals surface area (Å²) >= 11 is 0. The van der Waals surface area contributed by atoms with E-state index in [1.54, 1.807) is 55.5 Å². The van der Waals surface area contributed by atoms with E-state index in [1.807, 2.05) is 0 Å². The smallest absolute Gasteiger partial charge is 0.259 e.